The van der Waals surface area contributed by atoms with E-state index in [-0.39, 0.29) is 18.5 Å². The number of amides is 3. The summed E-state index contributed by atoms with van der Waals surface area (Å²) in [5.41, 5.74) is 1.11. The largest absolute Gasteiger partial charge is 0.481 e. The molecule has 3 rings (SSSR count). The Morgan fingerprint density at radius 2 is 2.30 bits per heavy atom. The second kappa shape index (κ2) is 7.12. The second-order valence-corrected chi connectivity index (χ2v) is 6.88. The van der Waals surface area contributed by atoms with Gasteiger partial charge in [0.1, 0.15) is 11.4 Å². The number of hydrogen-bond donors (Lipinski definition) is 2. The number of para-hydroxylation sites is 1. The highest BCUT2D eigenvalue weighted by Gasteiger charge is 2.24. The van der Waals surface area contributed by atoms with Crippen molar-refractivity contribution in [2.24, 2.45) is 0 Å². The standard InChI is InChI=1S/C16H21N3O3S/c1-23-11-5-2-3-8-19(9-11)16(21)17-12-6-4-7-13-15(12)18-14(20)10-22-13/h4,6-7,11H,2-3,5,8-10H2,1H3,(H,17,21)(H,18,20). The molecule has 2 aliphatic rings. The maximum atomic E-state index is 12.6. The molecule has 0 saturated carbocycles. The molecule has 1 aromatic rings. The number of ether oxygens (including phenoxy) is 1. The molecule has 23 heavy (non-hydrogen) atoms. The molecule has 124 valence electrons. The SMILES string of the molecule is CSC1CCCCN(C(=O)Nc2cccc3c2NC(=O)CO3)C1. The quantitative estimate of drug-likeness (QED) is 0.872. The van der Waals surface area contributed by atoms with Gasteiger partial charge in [0.2, 0.25) is 0 Å². The molecule has 0 radical (unpaired) electrons. The molecule has 2 aliphatic heterocycles. The van der Waals surface area contributed by atoms with E-state index in [1.807, 2.05) is 16.7 Å². The summed E-state index contributed by atoms with van der Waals surface area (Å²) in [5.74, 6) is 0.372. The van der Waals surface area contributed by atoms with Crippen LogP contribution in [-0.4, -0.2) is 48.0 Å². The summed E-state index contributed by atoms with van der Waals surface area (Å²) < 4.78 is 5.38. The molecule has 1 saturated heterocycles. The zero-order valence-electron chi connectivity index (χ0n) is 13.1. The average molecular weight is 335 g/mol. The Morgan fingerprint density at radius 1 is 1.43 bits per heavy atom. The van der Waals surface area contributed by atoms with E-state index < -0.39 is 0 Å². The van der Waals surface area contributed by atoms with Crippen molar-refractivity contribution in [3.63, 3.8) is 0 Å². The number of carbonyl (C=O) groups excluding carboxylic acids is 2. The summed E-state index contributed by atoms with van der Waals surface area (Å²) in [6.07, 6.45) is 5.42. The van der Waals surface area contributed by atoms with E-state index >= 15 is 0 Å². The monoisotopic (exact) mass is 335 g/mol. The van der Waals surface area contributed by atoms with Gasteiger partial charge in [0.25, 0.3) is 5.91 Å². The molecule has 0 bridgehead atoms. The molecular weight excluding hydrogens is 314 g/mol. The first-order valence-corrected chi connectivity index (χ1v) is 9.10. The van der Waals surface area contributed by atoms with Crippen LogP contribution in [0.15, 0.2) is 18.2 Å². The van der Waals surface area contributed by atoms with Crippen molar-refractivity contribution in [3.8, 4) is 5.75 Å². The summed E-state index contributed by atoms with van der Waals surface area (Å²) >= 11 is 1.81. The van der Waals surface area contributed by atoms with Crippen molar-refractivity contribution in [2.45, 2.75) is 24.5 Å². The molecule has 1 unspecified atom stereocenters. The number of nitrogens with one attached hydrogen (secondary N) is 2. The summed E-state index contributed by atoms with van der Waals surface area (Å²) in [4.78, 5) is 26.0. The van der Waals surface area contributed by atoms with Crippen molar-refractivity contribution in [2.75, 3.05) is 36.6 Å². The van der Waals surface area contributed by atoms with Crippen molar-refractivity contribution in [3.05, 3.63) is 18.2 Å². The lowest BCUT2D eigenvalue weighted by Gasteiger charge is -2.26. The average Bonchev–Trinajstić information content (AvgIpc) is 2.81. The Balaban J connectivity index is 1.74. The van der Waals surface area contributed by atoms with E-state index in [1.165, 1.54) is 0 Å². The van der Waals surface area contributed by atoms with Gasteiger partial charge in [0.15, 0.2) is 6.61 Å². The third-order valence-corrected chi connectivity index (χ3v) is 5.19. The molecular formula is C16H21N3O3S. The lowest BCUT2D eigenvalue weighted by Crippen LogP contribution is -2.39. The lowest BCUT2D eigenvalue weighted by atomic mass is 10.2. The fourth-order valence-electron chi connectivity index (χ4n) is 2.88. The number of carbonyl (C=O) groups is 2. The topological polar surface area (TPSA) is 70.7 Å². The highest BCUT2D eigenvalue weighted by atomic mass is 32.2. The Morgan fingerprint density at radius 3 is 3.13 bits per heavy atom. The summed E-state index contributed by atoms with van der Waals surface area (Å²) in [6.45, 7) is 1.53. The minimum absolute atomic E-state index is 0.00588. The zero-order chi connectivity index (χ0) is 16.2. The first-order chi connectivity index (χ1) is 11.2. The third-order valence-electron chi connectivity index (χ3n) is 4.14. The molecule has 0 aliphatic carbocycles. The molecule has 1 atom stereocenters. The fourth-order valence-corrected chi connectivity index (χ4v) is 3.61. The van der Waals surface area contributed by atoms with Gasteiger partial charge in [-0.15, -0.1) is 0 Å². The van der Waals surface area contributed by atoms with Crippen LogP contribution in [0.5, 0.6) is 5.75 Å². The Kier molecular flexibility index (Phi) is 4.95. The second-order valence-electron chi connectivity index (χ2n) is 5.75. The number of fused-ring (bicyclic) bond motifs is 1. The van der Waals surface area contributed by atoms with Gasteiger partial charge in [-0.2, -0.15) is 11.8 Å². The molecule has 7 heteroatoms. The fraction of sp³-hybridized carbons (Fsp3) is 0.500. The minimum Gasteiger partial charge on any atom is -0.481 e. The number of benzene rings is 1. The molecule has 2 heterocycles. The van der Waals surface area contributed by atoms with E-state index in [0.717, 1.165) is 32.4 Å². The maximum Gasteiger partial charge on any atom is 0.321 e. The van der Waals surface area contributed by atoms with E-state index in [1.54, 1.807) is 18.2 Å². The van der Waals surface area contributed by atoms with Crippen LogP contribution in [0.2, 0.25) is 0 Å². The summed E-state index contributed by atoms with van der Waals surface area (Å²) in [6, 6.07) is 5.23. The molecule has 1 aromatic carbocycles. The first-order valence-electron chi connectivity index (χ1n) is 7.82. The van der Waals surface area contributed by atoms with Gasteiger partial charge < -0.3 is 20.3 Å². The van der Waals surface area contributed by atoms with E-state index in [0.29, 0.717) is 22.4 Å². The molecule has 2 N–H and O–H groups in total. The summed E-state index contributed by atoms with van der Waals surface area (Å²) in [5, 5.41) is 6.17. The maximum absolute atomic E-state index is 12.6. The number of hydrogen-bond acceptors (Lipinski definition) is 4. The van der Waals surface area contributed by atoms with Gasteiger partial charge in [-0.05, 0) is 31.2 Å². The third kappa shape index (κ3) is 3.72. The van der Waals surface area contributed by atoms with Crippen molar-refractivity contribution in [1.82, 2.24) is 4.90 Å². The number of anilines is 2. The highest BCUT2D eigenvalue weighted by molar-refractivity contribution is 7.99. The van der Waals surface area contributed by atoms with E-state index in [2.05, 4.69) is 16.9 Å². The van der Waals surface area contributed by atoms with Gasteiger partial charge in [-0.25, -0.2) is 4.79 Å². The van der Waals surface area contributed by atoms with Gasteiger partial charge in [0, 0.05) is 18.3 Å². The molecule has 1 fully saturated rings. The van der Waals surface area contributed by atoms with Gasteiger partial charge in [-0.1, -0.05) is 12.5 Å². The Bertz CT molecular complexity index is 608. The van der Waals surface area contributed by atoms with Crippen molar-refractivity contribution < 1.29 is 14.3 Å². The van der Waals surface area contributed by atoms with Crippen molar-refractivity contribution in [1.29, 1.82) is 0 Å². The number of nitrogens with zero attached hydrogens (tertiary/aromatic N) is 1. The van der Waals surface area contributed by atoms with Crippen LogP contribution in [0, 0.1) is 0 Å². The van der Waals surface area contributed by atoms with Crippen LogP contribution < -0.4 is 15.4 Å². The lowest BCUT2D eigenvalue weighted by molar-refractivity contribution is -0.118. The number of thioether (sulfide) groups is 1. The van der Waals surface area contributed by atoms with Gasteiger partial charge >= 0.3 is 6.03 Å². The van der Waals surface area contributed by atoms with Crippen LogP contribution in [0.25, 0.3) is 0 Å². The highest BCUT2D eigenvalue weighted by Crippen LogP contribution is 2.35. The number of rotatable bonds is 2. The number of likely N-dealkylation sites (tertiary alicyclic amines) is 1. The van der Waals surface area contributed by atoms with Crippen molar-refractivity contribution >= 4 is 35.1 Å². The smallest absolute Gasteiger partial charge is 0.321 e. The first kappa shape index (κ1) is 16.0. The predicted molar refractivity (Wildman–Crippen MR) is 92.3 cm³/mol. The molecule has 3 amide bonds. The molecule has 0 aromatic heterocycles. The van der Waals surface area contributed by atoms with Crippen LogP contribution in [0.4, 0.5) is 16.2 Å². The van der Waals surface area contributed by atoms with Crippen LogP contribution in [0.3, 0.4) is 0 Å². The number of urea groups is 1. The van der Waals surface area contributed by atoms with Crippen LogP contribution in [-0.2, 0) is 4.79 Å². The van der Waals surface area contributed by atoms with E-state index in [9.17, 15) is 9.59 Å². The minimum atomic E-state index is -0.212. The van der Waals surface area contributed by atoms with E-state index in [4.69, 9.17) is 4.74 Å². The van der Waals surface area contributed by atoms with Gasteiger partial charge in [-0.3, -0.25) is 4.79 Å². The Labute approximate surface area is 139 Å². The zero-order valence-corrected chi connectivity index (χ0v) is 13.9. The van der Waals surface area contributed by atoms with Gasteiger partial charge in [0.05, 0.1) is 5.69 Å². The van der Waals surface area contributed by atoms with Crippen LogP contribution >= 0.6 is 11.8 Å². The normalized spacial score (nSPS) is 20.8. The predicted octanol–water partition coefficient (Wildman–Crippen LogP) is 2.77. The summed E-state index contributed by atoms with van der Waals surface area (Å²) in [7, 11) is 0. The molecule has 0 spiro atoms. The van der Waals surface area contributed by atoms with Crippen LogP contribution in [0.1, 0.15) is 19.3 Å². The Hall–Kier alpha value is -1.89. The molecule has 6 nitrogen and oxygen atoms in total.